The van der Waals surface area contributed by atoms with Crippen LogP contribution in [0, 0.1) is 11.3 Å². The maximum atomic E-state index is 9.41. The zero-order chi connectivity index (χ0) is 13.6. The first-order valence-electron chi connectivity index (χ1n) is 7.01. The fourth-order valence-corrected chi connectivity index (χ4v) is 2.88. The summed E-state index contributed by atoms with van der Waals surface area (Å²) >= 11 is 1.79. The molecule has 0 heterocycles. The lowest BCUT2D eigenvalue weighted by Gasteiger charge is -2.27. The van der Waals surface area contributed by atoms with Gasteiger partial charge in [-0.1, -0.05) is 13.8 Å². The molecule has 0 bridgehead atoms. The number of hydrogen-bond acceptors (Lipinski definition) is 4. The minimum absolute atomic E-state index is 0.258. The lowest BCUT2D eigenvalue weighted by Crippen LogP contribution is -2.44. The summed E-state index contributed by atoms with van der Waals surface area (Å²) in [5.74, 6) is 1.02. The topological polar surface area (TPSA) is 56.0 Å². The average molecular weight is 270 g/mol. The van der Waals surface area contributed by atoms with Gasteiger partial charge in [-0.25, -0.2) is 0 Å². The van der Waals surface area contributed by atoms with E-state index in [0.717, 1.165) is 25.0 Å². The van der Waals surface area contributed by atoms with Crippen LogP contribution in [0.1, 0.15) is 52.9 Å². The highest BCUT2D eigenvalue weighted by Crippen LogP contribution is 2.27. The van der Waals surface area contributed by atoms with Crippen LogP contribution in [-0.2, 0) is 0 Å². The Balaban J connectivity index is 2.27. The number of nitrogens with zero attached hydrogens (tertiary/aromatic N) is 1. The molecule has 0 aromatic heterocycles. The summed E-state index contributed by atoms with van der Waals surface area (Å²) in [6.07, 6.45) is 5.00. The molecule has 0 spiro atoms. The average Bonchev–Trinajstić information content (AvgIpc) is 3.16. The molecule has 1 saturated carbocycles. The van der Waals surface area contributed by atoms with Gasteiger partial charge in [-0.3, -0.25) is 5.32 Å². The monoisotopic (exact) mass is 270 g/mol. The summed E-state index contributed by atoms with van der Waals surface area (Å²) in [6, 6.07) is 3.06. The van der Waals surface area contributed by atoms with E-state index in [-0.39, 0.29) is 16.9 Å². The molecule has 1 rings (SSSR count). The first kappa shape index (κ1) is 15.8. The summed E-state index contributed by atoms with van der Waals surface area (Å²) in [6.45, 7) is 5.97. The summed E-state index contributed by atoms with van der Waals surface area (Å²) in [5.41, 5.74) is -0.324. The van der Waals surface area contributed by atoms with Gasteiger partial charge >= 0.3 is 0 Å². The third-order valence-electron chi connectivity index (χ3n) is 3.68. The third kappa shape index (κ3) is 5.17. The molecular weight excluding hydrogens is 244 g/mol. The predicted octanol–water partition coefficient (Wildman–Crippen LogP) is 2.69. The van der Waals surface area contributed by atoms with Gasteiger partial charge in [0.25, 0.3) is 0 Å². The summed E-state index contributed by atoms with van der Waals surface area (Å²) in [4.78, 5) is 0. The molecule has 104 valence electrons. The van der Waals surface area contributed by atoms with Crippen molar-refractivity contribution in [2.45, 2.75) is 75.8 Å². The van der Waals surface area contributed by atoms with Crippen molar-refractivity contribution in [1.82, 2.24) is 5.32 Å². The quantitative estimate of drug-likeness (QED) is 0.633. The van der Waals surface area contributed by atoms with Gasteiger partial charge in [0.15, 0.2) is 0 Å². The molecule has 0 saturated heterocycles. The van der Waals surface area contributed by atoms with E-state index in [2.05, 4.69) is 25.2 Å². The molecule has 18 heavy (non-hydrogen) atoms. The minimum atomic E-state index is -0.324. The van der Waals surface area contributed by atoms with Crippen molar-refractivity contribution in [2.75, 3.05) is 5.75 Å². The molecule has 0 amide bonds. The molecule has 1 aliphatic rings. The number of aliphatic hydroxyl groups is 1. The SMILES string of the molecule is CCC(C#N)(CCCSC(C)C(C)O)NC1CC1. The van der Waals surface area contributed by atoms with Crippen molar-refractivity contribution >= 4 is 11.8 Å². The van der Waals surface area contributed by atoms with Crippen LogP contribution in [-0.4, -0.2) is 33.8 Å². The lowest BCUT2D eigenvalue weighted by atomic mass is 9.92. The van der Waals surface area contributed by atoms with E-state index >= 15 is 0 Å². The van der Waals surface area contributed by atoms with Crippen LogP contribution < -0.4 is 5.32 Å². The second-order valence-electron chi connectivity index (χ2n) is 5.39. The Morgan fingerprint density at radius 2 is 2.17 bits per heavy atom. The van der Waals surface area contributed by atoms with Gasteiger partial charge < -0.3 is 5.11 Å². The van der Waals surface area contributed by atoms with Crippen molar-refractivity contribution in [2.24, 2.45) is 0 Å². The van der Waals surface area contributed by atoms with Crippen LogP contribution in [0.25, 0.3) is 0 Å². The molecule has 1 fully saturated rings. The maximum absolute atomic E-state index is 9.41. The predicted molar refractivity (Wildman–Crippen MR) is 77.6 cm³/mol. The Morgan fingerprint density at radius 1 is 1.50 bits per heavy atom. The van der Waals surface area contributed by atoms with Crippen LogP contribution in [0.15, 0.2) is 0 Å². The Hall–Kier alpha value is -0.240. The zero-order valence-electron chi connectivity index (χ0n) is 11.8. The first-order valence-corrected chi connectivity index (χ1v) is 8.06. The molecule has 0 radical (unpaired) electrons. The Kier molecular flexibility index (Phi) is 6.48. The molecule has 2 N–H and O–H groups in total. The third-order valence-corrected chi connectivity index (χ3v) is 5.13. The number of nitriles is 1. The van der Waals surface area contributed by atoms with Crippen molar-refractivity contribution in [3.8, 4) is 6.07 Å². The number of thioether (sulfide) groups is 1. The molecule has 3 unspecified atom stereocenters. The Morgan fingerprint density at radius 3 is 2.61 bits per heavy atom. The van der Waals surface area contributed by atoms with Crippen molar-refractivity contribution in [3.63, 3.8) is 0 Å². The van der Waals surface area contributed by atoms with Gasteiger partial charge in [0.2, 0.25) is 0 Å². The van der Waals surface area contributed by atoms with Gasteiger partial charge in [-0.05, 0) is 44.8 Å². The van der Waals surface area contributed by atoms with E-state index < -0.39 is 0 Å². The normalized spacial score (nSPS) is 21.9. The second-order valence-corrected chi connectivity index (χ2v) is 6.87. The molecule has 0 aromatic carbocycles. The van der Waals surface area contributed by atoms with E-state index in [1.807, 2.05) is 6.92 Å². The first-order chi connectivity index (χ1) is 8.53. The molecule has 3 atom stereocenters. The second kappa shape index (κ2) is 7.37. The maximum Gasteiger partial charge on any atom is 0.106 e. The summed E-state index contributed by atoms with van der Waals surface area (Å²) in [7, 11) is 0. The number of rotatable bonds is 9. The van der Waals surface area contributed by atoms with Crippen LogP contribution in [0.4, 0.5) is 0 Å². The number of hydrogen-bond donors (Lipinski definition) is 2. The van der Waals surface area contributed by atoms with Gasteiger partial charge in [-0.15, -0.1) is 0 Å². The van der Waals surface area contributed by atoms with Gasteiger partial charge in [0, 0.05) is 11.3 Å². The van der Waals surface area contributed by atoms with Gasteiger partial charge in [-0.2, -0.15) is 17.0 Å². The van der Waals surface area contributed by atoms with Crippen molar-refractivity contribution in [1.29, 1.82) is 5.26 Å². The highest BCUT2D eigenvalue weighted by molar-refractivity contribution is 7.99. The van der Waals surface area contributed by atoms with Crippen molar-refractivity contribution in [3.05, 3.63) is 0 Å². The van der Waals surface area contributed by atoms with Crippen LogP contribution in [0.2, 0.25) is 0 Å². The van der Waals surface area contributed by atoms with E-state index in [4.69, 9.17) is 0 Å². The van der Waals surface area contributed by atoms with Crippen LogP contribution >= 0.6 is 11.8 Å². The fourth-order valence-electron chi connectivity index (χ4n) is 1.92. The summed E-state index contributed by atoms with van der Waals surface area (Å²) < 4.78 is 0. The highest BCUT2D eigenvalue weighted by atomic mass is 32.2. The highest BCUT2D eigenvalue weighted by Gasteiger charge is 2.34. The van der Waals surface area contributed by atoms with Gasteiger partial charge in [0.1, 0.15) is 5.54 Å². The molecule has 0 aromatic rings. The molecular formula is C14H26N2OS. The standard InChI is InChI=1S/C14H26N2OS/c1-4-14(10-15,16-13-6-7-13)8-5-9-18-12(3)11(2)17/h11-13,16-17H,4-9H2,1-3H3. The van der Waals surface area contributed by atoms with E-state index in [9.17, 15) is 10.4 Å². The fraction of sp³-hybridized carbons (Fsp3) is 0.929. The summed E-state index contributed by atoms with van der Waals surface area (Å²) in [5, 5.41) is 22.6. The molecule has 3 nitrogen and oxygen atoms in total. The smallest absolute Gasteiger partial charge is 0.106 e. The molecule has 4 heteroatoms. The number of aliphatic hydroxyl groups excluding tert-OH is 1. The van der Waals surface area contributed by atoms with E-state index in [1.54, 1.807) is 11.8 Å². The Labute approximate surface area is 115 Å². The Bertz CT molecular complexity index is 286. The van der Waals surface area contributed by atoms with Crippen molar-refractivity contribution < 1.29 is 5.11 Å². The van der Waals surface area contributed by atoms with Crippen LogP contribution in [0.3, 0.4) is 0 Å². The van der Waals surface area contributed by atoms with E-state index in [1.165, 1.54) is 12.8 Å². The largest absolute Gasteiger partial charge is 0.392 e. The molecule has 0 aliphatic heterocycles. The number of nitrogens with one attached hydrogen (secondary N) is 1. The van der Waals surface area contributed by atoms with E-state index in [0.29, 0.717) is 6.04 Å². The molecule has 1 aliphatic carbocycles. The minimum Gasteiger partial charge on any atom is -0.392 e. The van der Waals surface area contributed by atoms with Crippen LogP contribution in [0.5, 0.6) is 0 Å². The van der Waals surface area contributed by atoms with Gasteiger partial charge in [0.05, 0.1) is 12.2 Å². The lowest BCUT2D eigenvalue weighted by molar-refractivity contribution is 0.196. The zero-order valence-corrected chi connectivity index (χ0v) is 12.6.